The van der Waals surface area contributed by atoms with Gasteiger partial charge in [-0.15, -0.1) is 0 Å². The summed E-state index contributed by atoms with van der Waals surface area (Å²) >= 11 is 0. The Labute approximate surface area is 307 Å². The summed E-state index contributed by atoms with van der Waals surface area (Å²) in [4.78, 5) is 82.9. The van der Waals surface area contributed by atoms with Crippen LogP contribution in [0.3, 0.4) is 0 Å². The number of esters is 1. The number of ether oxygens (including phenoxy) is 2. The van der Waals surface area contributed by atoms with Crippen LogP contribution in [0.5, 0.6) is 0 Å². The maximum atomic E-state index is 14.4. The monoisotopic (exact) mass is 722 g/mol. The molecule has 0 aromatic heterocycles. The molecule has 5 rings (SSSR count). The van der Waals surface area contributed by atoms with Crippen LogP contribution in [0, 0.1) is 29.1 Å². The zero-order valence-electron chi connectivity index (χ0n) is 31.9. The molecule has 4 aliphatic rings. The number of nitrogens with zero attached hydrogens (tertiary/aromatic N) is 1. The third kappa shape index (κ3) is 9.15. The molecule has 12 heteroatoms. The number of carbonyl (C=O) groups excluding carboxylic acids is 6. The first-order valence-electron chi connectivity index (χ1n) is 19.1. The molecule has 4 unspecified atom stereocenters. The van der Waals surface area contributed by atoms with Crippen LogP contribution in [0.4, 0.5) is 4.79 Å². The Bertz CT molecular complexity index is 1510. The van der Waals surface area contributed by atoms with Gasteiger partial charge in [-0.25, -0.2) is 4.79 Å². The number of alkyl carbamates (subject to hydrolysis) is 1. The van der Waals surface area contributed by atoms with Crippen LogP contribution >= 0.6 is 0 Å². The summed E-state index contributed by atoms with van der Waals surface area (Å²) in [6.45, 7) is 12.8. The fourth-order valence-electron chi connectivity index (χ4n) is 8.44. The number of hydrogen-bond acceptors (Lipinski definition) is 8. The number of hydrogen-bond donors (Lipinski definition) is 3. The van der Waals surface area contributed by atoms with E-state index in [9.17, 15) is 28.8 Å². The van der Waals surface area contributed by atoms with Gasteiger partial charge in [0.1, 0.15) is 29.8 Å². The third-order valence-corrected chi connectivity index (χ3v) is 11.7. The van der Waals surface area contributed by atoms with E-state index in [-0.39, 0.29) is 41.4 Å². The molecule has 1 heterocycles. The molecule has 0 radical (unpaired) electrons. The van der Waals surface area contributed by atoms with Crippen LogP contribution in [-0.4, -0.2) is 77.3 Å². The van der Waals surface area contributed by atoms with Crippen molar-refractivity contribution in [1.82, 2.24) is 20.9 Å². The van der Waals surface area contributed by atoms with Crippen molar-refractivity contribution >= 4 is 35.6 Å². The van der Waals surface area contributed by atoms with Gasteiger partial charge in [0.25, 0.3) is 5.91 Å². The highest BCUT2D eigenvalue weighted by Gasteiger charge is 2.69. The lowest BCUT2D eigenvalue weighted by Gasteiger charge is -2.37. The Balaban J connectivity index is 1.29. The number of rotatable bonds is 13. The van der Waals surface area contributed by atoms with E-state index < -0.39 is 65.5 Å². The van der Waals surface area contributed by atoms with Crippen molar-refractivity contribution in [3.05, 3.63) is 35.9 Å². The number of fused-ring (bicyclic) bond motifs is 1. The molecule has 1 aliphatic heterocycles. The molecule has 286 valence electrons. The van der Waals surface area contributed by atoms with Crippen LogP contribution in [0.1, 0.15) is 112 Å². The smallest absolute Gasteiger partial charge is 0.408 e. The molecular formula is C40H58N4O8. The predicted molar refractivity (Wildman–Crippen MR) is 193 cm³/mol. The van der Waals surface area contributed by atoms with Gasteiger partial charge in [-0.3, -0.25) is 24.0 Å². The number of piperidine rings is 1. The molecule has 1 aromatic rings. The van der Waals surface area contributed by atoms with Crippen LogP contribution in [0.15, 0.2) is 30.3 Å². The Morgan fingerprint density at radius 2 is 1.52 bits per heavy atom. The fraction of sp³-hybridized carbons (Fsp3) is 0.700. The van der Waals surface area contributed by atoms with Crippen LogP contribution < -0.4 is 16.0 Å². The highest BCUT2D eigenvalue weighted by molar-refractivity contribution is 6.38. The molecule has 4 amide bonds. The number of amides is 4. The summed E-state index contributed by atoms with van der Waals surface area (Å²) < 4.78 is 11.1. The Morgan fingerprint density at radius 3 is 2.12 bits per heavy atom. The molecule has 4 fully saturated rings. The second kappa shape index (κ2) is 15.6. The number of ketones is 1. The molecule has 3 aliphatic carbocycles. The first-order chi connectivity index (χ1) is 24.4. The highest BCUT2D eigenvalue weighted by atomic mass is 16.6. The zero-order valence-corrected chi connectivity index (χ0v) is 31.9. The first-order valence-corrected chi connectivity index (χ1v) is 19.1. The second-order valence-corrected chi connectivity index (χ2v) is 17.4. The van der Waals surface area contributed by atoms with Crippen molar-refractivity contribution < 1.29 is 38.2 Å². The number of benzene rings is 1. The number of Topliss-reactive ketones (excluding diaryl/α,β-unsaturated/α-hetero) is 1. The summed E-state index contributed by atoms with van der Waals surface area (Å²) in [5.41, 5.74) is -1.12. The summed E-state index contributed by atoms with van der Waals surface area (Å²) in [7, 11) is 0. The van der Waals surface area contributed by atoms with E-state index in [0.717, 1.165) is 56.9 Å². The van der Waals surface area contributed by atoms with Gasteiger partial charge in [-0.2, -0.15) is 0 Å². The van der Waals surface area contributed by atoms with Gasteiger partial charge in [0.05, 0.1) is 6.04 Å². The lowest BCUT2D eigenvalue weighted by molar-refractivity contribution is -0.157. The minimum Gasteiger partial charge on any atom is -0.453 e. The van der Waals surface area contributed by atoms with E-state index in [1.54, 1.807) is 39.5 Å². The van der Waals surface area contributed by atoms with Gasteiger partial charge in [0.2, 0.25) is 17.6 Å². The van der Waals surface area contributed by atoms with Crippen molar-refractivity contribution in [2.75, 3.05) is 13.1 Å². The lowest BCUT2D eigenvalue weighted by Crippen LogP contribution is -2.60. The molecule has 3 saturated carbocycles. The largest absolute Gasteiger partial charge is 0.453 e. The van der Waals surface area contributed by atoms with E-state index in [1.165, 1.54) is 0 Å². The number of nitrogens with one attached hydrogen (secondary N) is 3. The number of likely N-dealkylation sites (tertiary alicyclic amines) is 1. The average molecular weight is 723 g/mol. The fourth-order valence-corrected chi connectivity index (χ4v) is 8.44. The predicted octanol–water partition coefficient (Wildman–Crippen LogP) is 4.78. The van der Waals surface area contributed by atoms with Gasteiger partial charge < -0.3 is 30.3 Å². The molecule has 5 atom stereocenters. The van der Waals surface area contributed by atoms with E-state index >= 15 is 0 Å². The molecule has 12 nitrogen and oxygen atoms in total. The van der Waals surface area contributed by atoms with Crippen molar-refractivity contribution in [2.45, 2.75) is 136 Å². The SMILES string of the molecule is CC(C)(C)OC(=O)N[C@H](C(=O)N1CC2C(C1C(=O)NC(CC1CCC1)C(=O)C(=O)NCC(=O)OC(C)(C)c1ccccc1)C2(C)C)C1CCCCC1. The Hall–Kier alpha value is -3.96. The minimum atomic E-state index is -1.12. The van der Waals surface area contributed by atoms with Crippen LogP contribution in [0.25, 0.3) is 0 Å². The molecular weight excluding hydrogens is 664 g/mol. The standard InChI is InChI=1S/C40H58N4O8/c1-38(2,3)52-37(50)43-31(25-17-10-8-11-18-25)36(49)44-23-27-30(39(27,4)5)32(44)34(47)42-28(21-24-15-14-16-24)33(46)35(48)41-22-29(45)51-40(6,7)26-19-12-9-13-20-26/h9,12-13,19-20,24-25,27-28,30-32H,8,10-11,14-18,21-23H2,1-7H3,(H,41,48)(H,42,47)(H,43,50)/t27?,28?,30?,31-,32?/m0/s1. The van der Waals surface area contributed by atoms with Crippen molar-refractivity contribution in [1.29, 1.82) is 0 Å². The first kappa shape index (κ1) is 39.3. The Kier molecular flexibility index (Phi) is 11.7. The Morgan fingerprint density at radius 1 is 0.865 bits per heavy atom. The summed E-state index contributed by atoms with van der Waals surface area (Å²) in [6, 6.07) is 6.36. The van der Waals surface area contributed by atoms with Crippen LogP contribution in [0.2, 0.25) is 0 Å². The molecule has 3 N–H and O–H groups in total. The van der Waals surface area contributed by atoms with Crippen molar-refractivity contribution in [3.63, 3.8) is 0 Å². The normalized spacial score (nSPS) is 24.0. The topological polar surface area (TPSA) is 160 Å². The minimum absolute atomic E-state index is 0.0796. The van der Waals surface area contributed by atoms with Gasteiger partial charge in [0, 0.05) is 6.54 Å². The van der Waals surface area contributed by atoms with Crippen LogP contribution in [-0.2, 0) is 39.0 Å². The number of carbonyl (C=O) groups is 6. The van der Waals surface area contributed by atoms with Gasteiger partial charge in [-0.05, 0) is 88.5 Å². The molecule has 1 aromatic carbocycles. The summed E-state index contributed by atoms with van der Waals surface area (Å²) in [6.07, 6.45) is 6.89. The third-order valence-electron chi connectivity index (χ3n) is 11.7. The molecule has 0 bridgehead atoms. The van der Waals surface area contributed by atoms with E-state index in [1.807, 2.05) is 30.3 Å². The highest BCUT2D eigenvalue weighted by Crippen LogP contribution is 2.65. The molecule has 0 spiro atoms. The van der Waals surface area contributed by atoms with E-state index in [0.29, 0.717) is 6.54 Å². The van der Waals surface area contributed by atoms with Crippen molar-refractivity contribution in [3.8, 4) is 0 Å². The molecule has 1 saturated heterocycles. The molecule has 52 heavy (non-hydrogen) atoms. The van der Waals surface area contributed by atoms with Crippen molar-refractivity contribution in [2.24, 2.45) is 29.1 Å². The summed E-state index contributed by atoms with van der Waals surface area (Å²) in [5.74, 6) is -3.33. The lowest BCUT2D eigenvalue weighted by atomic mass is 9.80. The van der Waals surface area contributed by atoms with Gasteiger partial charge in [0.15, 0.2) is 0 Å². The second-order valence-electron chi connectivity index (χ2n) is 17.4. The van der Waals surface area contributed by atoms with E-state index in [2.05, 4.69) is 29.8 Å². The zero-order chi connectivity index (χ0) is 38.0. The maximum Gasteiger partial charge on any atom is 0.408 e. The maximum absolute atomic E-state index is 14.4. The average Bonchev–Trinajstić information content (AvgIpc) is 3.37. The quantitative estimate of drug-likeness (QED) is 0.194. The van der Waals surface area contributed by atoms with Gasteiger partial charge in [-0.1, -0.05) is 82.7 Å². The summed E-state index contributed by atoms with van der Waals surface area (Å²) in [5, 5.41) is 8.15. The van der Waals surface area contributed by atoms with Gasteiger partial charge >= 0.3 is 12.1 Å². The van der Waals surface area contributed by atoms with E-state index in [4.69, 9.17) is 9.47 Å².